The number of amides is 2. The summed E-state index contributed by atoms with van der Waals surface area (Å²) in [6.45, 7) is 8.56. The zero-order valence-electron chi connectivity index (χ0n) is 27.1. The minimum absolute atomic E-state index is 0.0445. The monoisotopic (exact) mass is 648 g/mol. The molecule has 0 aliphatic carbocycles. The van der Waals surface area contributed by atoms with Crippen LogP contribution in [-0.4, -0.2) is 73.6 Å². The fraction of sp³-hybridized carbons (Fsp3) is 0.400. The minimum atomic E-state index is -1.37. The first-order chi connectivity index (χ1) is 22.4. The topological polar surface area (TPSA) is 131 Å². The van der Waals surface area contributed by atoms with Gasteiger partial charge in [0, 0.05) is 36.9 Å². The van der Waals surface area contributed by atoms with Gasteiger partial charge in [-0.2, -0.15) is 0 Å². The van der Waals surface area contributed by atoms with E-state index in [1.165, 1.54) is 42.9 Å². The number of aliphatic hydroxyl groups is 2. The van der Waals surface area contributed by atoms with Gasteiger partial charge in [-0.05, 0) is 94.1 Å². The fourth-order valence-electron chi connectivity index (χ4n) is 5.99. The van der Waals surface area contributed by atoms with E-state index in [0.29, 0.717) is 41.1 Å². The largest absolute Gasteiger partial charge is 0.394 e. The zero-order valence-corrected chi connectivity index (χ0v) is 27.1. The first-order valence-electron chi connectivity index (χ1n) is 15.9. The van der Waals surface area contributed by atoms with Crippen molar-refractivity contribution in [1.82, 2.24) is 24.9 Å². The molecule has 1 fully saturated rings. The van der Waals surface area contributed by atoms with E-state index in [2.05, 4.69) is 39.7 Å². The minimum Gasteiger partial charge on any atom is -0.394 e. The highest BCUT2D eigenvalue weighted by Crippen LogP contribution is 2.27. The predicted molar refractivity (Wildman–Crippen MR) is 176 cm³/mol. The molecule has 0 radical (unpaired) electrons. The van der Waals surface area contributed by atoms with E-state index in [9.17, 15) is 28.6 Å². The van der Waals surface area contributed by atoms with Gasteiger partial charge in [0.05, 0.1) is 35.3 Å². The molecular formula is C35H42F2N6O4. The van der Waals surface area contributed by atoms with Crippen LogP contribution in [0, 0.1) is 11.6 Å². The number of rotatable bonds is 11. The average Bonchev–Trinajstić information content (AvgIpc) is 3.46. The van der Waals surface area contributed by atoms with Gasteiger partial charge >= 0.3 is 0 Å². The first kappa shape index (κ1) is 34.0. The number of benzene rings is 2. The Morgan fingerprint density at radius 3 is 2.43 bits per heavy atom. The highest BCUT2D eigenvalue weighted by atomic mass is 19.1. The Labute approximate surface area is 272 Å². The number of halogens is 2. The molecule has 0 saturated carbocycles. The number of piperidine rings is 1. The van der Waals surface area contributed by atoms with E-state index >= 15 is 0 Å². The van der Waals surface area contributed by atoms with Crippen molar-refractivity contribution in [2.24, 2.45) is 0 Å². The van der Waals surface area contributed by atoms with Crippen molar-refractivity contribution in [3.05, 3.63) is 89.4 Å². The van der Waals surface area contributed by atoms with Gasteiger partial charge in [0.25, 0.3) is 11.8 Å². The third kappa shape index (κ3) is 7.78. The number of fused-ring (bicyclic) bond motifs is 1. The van der Waals surface area contributed by atoms with Crippen LogP contribution in [0.4, 0.5) is 14.5 Å². The van der Waals surface area contributed by atoms with E-state index < -0.39 is 29.3 Å². The van der Waals surface area contributed by atoms with E-state index in [4.69, 9.17) is 0 Å². The van der Waals surface area contributed by atoms with Crippen molar-refractivity contribution < 1.29 is 28.6 Å². The molecular weight excluding hydrogens is 606 g/mol. The number of aromatic nitrogens is 2. The maximum absolute atomic E-state index is 14.9. The molecule has 250 valence electrons. The molecule has 5 N–H and O–H groups in total. The summed E-state index contributed by atoms with van der Waals surface area (Å²) in [5.41, 5.74) is 1.04. The number of nitrogens with one attached hydrogen (secondary N) is 3. The third-order valence-electron chi connectivity index (χ3n) is 8.77. The Kier molecular flexibility index (Phi) is 10.2. The highest BCUT2D eigenvalue weighted by molar-refractivity contribution is 5.96. The van der Waals surface area contributed by atoms with Gasteiger partial charge in [-0.25, -0.2) is 13.8 Å². The van der Waals surface area contributed by atoms with Crippen LogP contribution in [0.5, 0.6) is 0 Å². The van der Waals surface area contributed by atoms with Gasteiger partial charge in [-0.1, -0.05) is 12.5 Å². The van der Waals surface area contributed by atoms with E-state index in [1.54, 1.807) is 42.6 Å². The van der Waals surface area contributed by atoms with Crippen molar-refractivity contribution in [2.75, 3.05) is 25.0 Å². The molecule has 1 aliphatic heterocycles. The summed E-state index contributed by atoms with van der Waals surface area (Å²) < 4.78 is 31.3. The number of pyridine rings is 1. The Bertz CT molecular complexity index is 1750. The summed E-state index contributed by atoms with van der Waals surface area (Å²) in [5, 5.41) is 28.7. The molecule has 5 rings (SSSR count). The molecule has 2 aromatic heterocycles. The molecule has 47 heavy (non-hydrogen) atoms. The smallest absolute Gasteiger partial charge is 0.254 e. The highest BCUT2D eigenvalue weighted by Gasteiger charge is 2.25. The average molecular weight is 649 g/mol. The predicted octanol–water partition coefficient (Wildman–Crippen LogP) is 4.88. The van der Waals surface area contributed by atoms with Gasteiger partial charge in [0.2, 0.25) is 0 Å². The number of imidazole rings is 1. The Morgan fingerprint density at radius 2 is 1.72 bits per heavy atom. The summed E-state index contributed by atoms with van der Waals surface area (Å²) in [5.74, 6) is -2.32. The van der Waals surface area contributed by atoms with Crippen molar-refractivity contribution in [3.8, 4) is 11.1 Å². The lowest BCUT2D eigenvalue weighted by Crippen LogP contribution is -2.47. The number of anilines is 1. The maximum atomic E-state index is 14.9. The summed E-state index contributed by atoms with van der Waals surface area (Å²) >= 11 is 0. The molecule has 2 aromatic carbocycles. The van der Waals surface area contributed by atoms with Crippen LogP contribution < -0.4 is 16.0 Å². The van der Waals surface area contributed by atoms with Crippen molar-refractivity contribution in [3.63, 3.8) is 0 Å². The first-order valence-corrected chi connectivity index (χ1v) is 15.9. The fourth-order valence-corrected chi connectivity index (χ4v) is 5.99. The summed E-state index contributed by atoms with van der Waals surface area (Å²) in [4.78, 5) is 32.1. The van der Waals surface area contributed by atoms with Crippen molar-refractivity contribution in [1.29, 1.82) is 0 Å². The Balaban J connectivity index is 1.25. The molecule has 12 heteroatoms. The van der Waals surface area contributed by atoms with Crippen LogP contribution in [0.15, 0.2) is 60.9 Å². The van der Waals surface area contributed by atoms with Crippen LogP contribution in [0.1, 0.15) is 79.6 Å². The maximum Gasteiger partial charge on any atom is 0.254 e. The molecule has 2 amide bonds. The SMILES string of the molecule is CC1CCCC(C)N1CCNC(=O)c1ccc(F)c(NC(O)c2cnc3cc(-c4ccc(C(=O)NC(C)(C)CO)c(F)c4)ccn23)c1. The molecule has 0 spiro atoms. The van der Waals surface area contributed by atoms with Crippen LogP contribution in [0.25, 0.3) is 16.8 Å². The van der Waals surface area contributed by atoms with Crippen LogP contribution in [-0.2, 0) is 0 Å². The number of carbonyl (C=O) groups is 2. The number of carbonyl (C=O) groups excluding carboxylic acids is 2. The van der Waals surface area contributed by atoms with Gasteiger partial charge in [0.15, 0.2) is 6.23 Å². The Hall–Kier alpha value is -4.39. The lowest BCUT2D eigenvalue weighted by Gasteiger charge is -2.39. The van der Waals surface area contributed by atoms with Gasteiger partial charge in [-0.15, -0.1) is 0 Å². The quantitative estimate of drug-likeness (QED) is 0.147. The van der Waals surface area contributed by atoms with E-state index in [1.807, 2.05) is 0 Å². The molecule has 1 aliphatic rings. The lowest BCUT2D eigenvalue weighted by atomic mass is 9.98. The van der Waals surface area contributed by atoms with Crippen molar-refractivity contribution in [2.45, 2.75) is 70.8 Å². The number of hydrogen-bond donors (Lipinski definition) is 5. The second-order valence-electron chi connectivity index (χ2n) is 12.9. The van der Waals surface area contributed by atoms with Crippen molar-refractivity contribution >= 4 is 23.1 Å². The summed E-state index contributed by atoms with van der Waals surface area (Å²) in [6, 6.07) is 12.5. The molecule has 3 unspecified atom stereocenters. The van der Waals surface area contributed by atoms with E-state index in [-0.39, 0.29) is 29.3 Å². The van der Waals surface area contributed by atoms with Crippen LogP contribution in [0.2, 0.25) is 0 Å². The second kappa shape index (κ2) is 14.2. The number of aliphatic hydroxyl groups excluding tert-OH is 2. The van der Waals surface area contributed by atoms with Crippen LogP contribution in [0.3, 0.4) is 0 Å². The molecule has 1 saturated heterocycles. The standard InChI is InChI=1S/C35H42F2N6O4/c1-21-6-5-7-22(2)42(21)15-13-38-32(45)25-9-11-27(36)29(17-25)40-34(47)30-19-39-31-18-24(12-14-43(30)31)23-8-10-26(28(37)16-23)33(46)41-35(3,4)20-44/h8-12,14,16-19,21-22,34,40,44,47H,5-7,13,15,20H2,1-4H3,(H,38,45)(H,41,46). The molecule has 3 atom stereocenters. The zero-order chi connectivity index (χ0) is 33.9. The summed E-state index contributed by atoms with van der Waals surface area (Å²) in [6.07, 6.45) is 5.20. The van der Waals surface area contributed by atoms with E-state index in [0.717, 1.165) is 19.4 Å². The summed E-state index contributed by atoms with van der Waals surface area (Å²) in [7, 11) is 0. The molecule has 3 heterocycles. The van der Waals surface area contributed by atoms with Gasteiger partial charge < -0.3 is 26.2 Å². The Morgan fingerprint density at radius 1 is 1.00 bits per heavy atom. The third-order valence-corrected chi connectivity index (χ3v) is 8.77. The van der Waals surface area contributed by atoms with Crippen LogP contribution >= 0.6 is 0 Å². The molecule has 0 bridgehead atoms. The second-order valence-corrected chi connectivity index (χ2v) is 12.9. The lowest BCUT2D eigenvalue weighted by molar-refractivity contribution is 0.0864. The number of hydrogen-bond acceptors (Lipinski definition) is 7. The van der Waals surface area contributed by atoms with Gasteiger partial charge in [-0.3, -0.25) is 18.9 Å². The normalized spacial score (nSPS) is 17.8. The van der Waals surface area contributed by atoms with Gasteiger partial charge in [0.1, 0.15) is 17.3 Å². The molecule has 4 aromatic rings. The number of nitrogens with zero attached hydrogens (tertiary/aromatic N) is 3. The number of likely N-dealkylation sites (tertiary alicyclic amines) is 1. The molecule has 10 nitrogen and oxygen atoms in total.